The molecule has 1 unspecified atom stereocenters. The third kappa shape index (κ3) is 11.0. The number of fused-ring (bicyclic) bond motifs is 1. The first-order valence-corrected chi connectivity index (χ1v) is 25.6. The number of aromatic nitrogens is 2. The molecule has 0 radical (unpaired) electrons. The molecule has 1 aromatic heterocycles. The number of imide groups is 1. The number of para-hydroxylation sites is 1. The van der Waals surface area contributed by atoms with Crippen molar-refractivity contribution in [1.29, 1.82) is 0 Å². The van der Waals surface area contributed by atoms with E-state index in [-0.39, 0.29) is 29.2 Å². The van der Waals surface area contributed by atoms with E-state index in [1.165, 1.54) is 39.7 Å². The molecule has 66 heavy (non-hydrogen) atoms. The number of benzene rings is 3. The number of anilines is 5. The highest BCUT2D eigenvalue weighted by Crippen LogP contribution is 2.47. The van der Waals surface area contributed by atoms with E-state index in [1.54, 1.807) is 48.0 Å². The van der Waals surface area contributed by atoms with Crippen molar-refractivity contribution in [2.75, 3.05) is 88.4 Å². The number of carbonyl (C=O) groups is 3. The van der Waals surface area contributed by atoms with Crippen molar-refractivity contribution >= 4 is 82.8 Å². The van der Waals surface area contributed by atoms with Crippen LogP contribution in [0.5, 0.6) is 5.75 Å². The minimum Gasteiger partial charge on any atom is -0.494 e. The smallest absolute Gasteiger partial charge is 0.362 e. The molecule has 16 nitrogen and oxygen atoms in total. The zero-order valence-corrected chi connectivity index (χ0v) is 40.3. The molecule has 4 aromatic rings. The SMILES string of the molecule is COc1cc(N2CCC(N3CCN(CCCCCCSc4cccc5c4CN(C4CCC(=O)NC4=O)C5=O)CC3)CC2)ccc1Nc1ncc(Cl)c(Nc2ccccc2P(=O)(OC)OC)n1. The molecule has 4 aliphatic heterocycles. The van der Waals surface area contributed by atoms with Crippen LogP contribution in [0.15, 0.2) is 71.8 Å². The number of thioether (sulfide) groups is 1. The number of amides is 3. The summed E-state index contributed by atoms with van der Waals surface area (Å²) in [6, 6.07) is 19.0. The highest BCUT2D eigenvalue weighted by atomic mass is 35.5. The van der Waals surface area contributed by atoms with Gasteiger partial charge in [0.2, 0.25) is 17.8 Å². The van der Waals surface area contributed by atoms with Crippen LogP contribution >= 0.6 is 31.0 Å². The lowest BCUT2D eigenvalue weighted by molar-refractivity contribution is -0.136. The van der Waals surface area contributed by atoms with Crippen LogP contribution in [0.3, 0.4) is 0 Å². The molecule has 4 aliphatic rings. The van der Waals surface area contributed by atoms with Gasteiger partial charge >= 0.3 is 7.60 Å². The van der Waals surface area contributed by atoms with Gasteiger partial charge in [0.05, 0.1) is 30.0 Å². The van der Waals surface area contributed by atoms with Gasteiger partial charge in [0.1, 0.15) is 16.8 Å². The number of nitrogens with zero attached hydrogens (tertiary/aromatic N) is 6. The zero-order chi connectivity index (χ0) is 46.2. The van der Waals surface area contributed by atoms with Gasteiger partial charge in [-0.25, -0.2) is 4.98 Å². The van der Waals surface area contributed by atoms with Crippen molar-refractivity contribution in [2.45, 2.75) is 74.9 Å². The van der Waals surface area contributed by atoms with E-state index in [1.807, 2.05) is 18.2 Å². The highest BCUT2D eigenvalue weighted by molar-refractivity contribution is 7.99. The van der Waals surface area contributed by atoms with Crippen molar-refractivity contribution in [3.63, 3.8) is 0 Å². The Morgan fingerprint density at radius 1 is 0.864 bits per heavy atom. The number of piperidine rings is 2. The Hall–Kier alpha value is -4.74. The van der Waals surface area contributed by atoms with Crippen LogP contribution < -0.4 is 30.9 Å². The van der Waals surface area contributed by atoms with Crippen LogP contribution in [0.25, 0.3) is 0 Å². The molecule has 3 fully saturated rings. The van der Waals surface area contributed by atoms with E-state index in [0.29, 0.717) is 58.8 Å². The van der Waals surface area contributed by atoms with Crippen LogP contribution in [0.4, 0.5) is 28.8 Å². The summed E-state index contributed by atoms with van der Waals surface area (Å²) in [5.74, 6) is 1.51. The Bertz CT molecular complexity index is 2430. The molecular weight excluding hydrogens is 901 g/mol. The van der Waals surface area contributed by atoms with Gasteiger partial charge in [-0.05, 0) is 86.4 Å². The van der Waals surface area contributed by atoms with Crippen molar-refractivity contribution in [3.05, 3.63) is 83.0 Å². The number of methoxy groups -OCH3 is 1. The maximum absolute atomic E-state index is 13.2. The number of unbranched alkanes of at least 4 members (excludes halogenated alkanes) is 3. The maximum atomic E-state index is 13.2. The van der Waals surface area contributed by atoms with Gasteiger partial charge < -0.3 is 39.1 Å². The van der Waals surface area contributed by atoms with E-state index < -0.39 is 13.6 Å². The average Bonchev–Trinajstić information content (AvgIpc) is 3.68. The van der Waals surface area contributed by atoms with E-state index in [4.69, 9.17) is 25.4 Å². The maximum Gasteiger partial charge on any atom is 0.362 e. The van der Waals surface area contributed by atoms with Crippen LogP contribution in [0, 0.1) is 0 Å². The summed E-state index contributed by atoms with van der Waals surface area (Å²) in [5.41, 5.74) is 3.97. The fraction of sp³-hybridized carbons (Fsp3) is 0.468. The van der Waals surface area contributed by atoms with Gasteiger partial charge in [-0.3, -0.25) is 29.2 Å². The van der Waals surface area contributed by atoms with Crippen LogP contribution in [-0.2, 0) is 29.7 Å². The van der Waals surface area contributed by atoms with E-state index >= 15 is 0 Å². The fourth-order valence-electron chi connectivity index (χ4n) is 9.34. The Kier molecular flexibility index (Phi) is 15.9. The molecule has 3 saturated heterocycles. The van der Waals surface area contributed by atoms with Gasteiger partial charge in [0, 0.05) is 94.7 Å². The first-order valence-electron chi connectivity index (χ1n) is 22.7. The first-order chi connectivity index (χ1) is 32.1. The lowest BCUT2D eigenvalue weighted by Crippen LogP contribution is -2.53. The van der Waals surface area contributed by atoms with Crippen molar-refractivity contribution in [2.24, 2.45) is 0 Å². The standard InChI is InChI=1S/C47H59ClN9O7PS/c1-62-40-29-33(15-16-37(40)51-47-49-30-36(48)44(53-47)50-38-12-6-7-13-41(38)65(61,63-2)64-3)55-22-19-32(20-23-55)56-26-24-54(25-27-56)21-8-4-5-9-28-66-42-14-10-11-34-35(42)31-57(46(34)60)39-17-18-43(58)52-45(39)59/h6-7,10-16,29-30,32,39H,4-5,8-9,17-28,31H2,1-3H3,(H,52,58,59)(H2,49,50,51,53). The predicted octanol–water partition coefficient (Wildman–Crippen LogP) is 7.44. The van der Waals surface area contributed by atoms with Gasteiger partial charge in [-0.1, -0.05) is 42.6 Å². The normalized spacial score (nSPS) is 18.7. The minimum atomic E-state index is -3.56. The van der Waals surface area contributed by atoms with Crippen LogP contribution in [0.2, 0.25) is 5.02 Å². The summed E-state index contributed by atoms with van der Waals surface area (Å²) in [6.45, 7) is 7.95. The van der Waals surface area contributed by atoms with Gasteiger partial charge in [-0.15, -0.1) is 11.8 Å². The molecule has 3 amide bonds. The number of carbonyl (C=O) groups excluding carboxylic acids is 3. The van der Waals surface area contributed by atoms with Crippen LogP contribution in [0.1, 0.15) is 67.3 Å². The van der Waals surface area contributed by atoms with E-state index in [9.17, 15) is 18.9 Å². The second-order valence-corrected chi connectivity index (χ2v) is 20.7. The van der Waals surface area contributed by atoms with Crippen molar-refractivity contribution < 1.29 is 32.7 Å². The molecular formula is C47H59ClN9O7PS. The van der Waals surface area contributed by atoms with Crippen LogP contribution in [-0.4, -0.2) is 127 Å². The Balaban J connectivity index is 0.738. The highest BCUT2D eigenvalue weighted by Gasteiger charge is 2.40. The molecule has 352 valence electrons. The summed E-state index contributed by atoms with van der Waals surface area (Å²) in [4.78, 5) is 56.8. The van der Waals surface area contributed by atoms with Gasteiger partial charge in [-0.2, -0.15) is 4.98 Å². The lowest BCUT2D eigenvalue weighted by Gasteiger charge is -2.43. The minimum absolute atomic E-state index is 0.119. The second kappa shape index (κ2) is 21.9. The molecule has 8 rings (SSSR count). The topological polar surface area (TPSA) is 171 Å². The summed E-state index contributed by atoms with van der Waals surface area (Å²) in [7, 11) is 0.773. The van der Waals surface area contributed by atoms with Gasteiger partial charge in [0.15, 0.2) is 5.82 Å². The number of rotatable bonds is 19. The third-order valence-electron chi connectivity index (χ3n) is 13.0. The molecule has 0 aliphatic carbocycles. The lowest BCUT2D eigenvalue weighted by atomic mass is 10.0. The van der Waals surface area contributed by atoms with Crippen molar-refractivity contribution in [3.8, 4) is 5.75 Å². The summed E-state index contributed by atoms with van der Waals surface area (Å²) in [5, 5.41) is 9.45. The van der Waals surface area contributed by atoms with Gasteiger partial charge in [0.25, 0.3) is 5.91 Å². The summed E-state index contributed by atoms with van der Waals surface area (Å²) >= 11 is 8.30. The number of hydrogen-bond acceptors (Lipinski definition) is 15. The fourth-order valence-corrected chi connectivity index (χ4v) is 11.8. The molecule has 1 atom stereocenters. The number of nitrogens with one attached hydrogen (secondary N) is 3. The Morgan fingerprint density at radius 3 is 2.39 bits per heavy atom. The van der Waals surface area contributed by atoms with E-state index in [0.717, 1.165) is 87.0 Å². The van der Waals surface area contributed by atoms with Crippen molar-refractivity contribution in [1.82, 2.24) is 30.0 Å². The molecule has 0 bridgehead atoms. The second-order valence-electron chi connectivity index (χ2n) is 16.9. The number of hydrogen-bond donors (Lipinski definition) is 3. The molecule has 5 heterocycles. The summed E-state index contributed by atoms with van der Waals surface area (Å²) < 4.78 is 29.5. The Labute approximate surface area is 396 Å². The molecule has 0 spiro atoms. The molecule has 3 aromatic carbocycles. The quantitative estimate of drug-likeness (QED) is 0.0367. The number of piperazine rings is 1. The third-order valence-corrected chi connectivity index (χ3v) is 16.4. The monoisotopic (exact) mass is 959 g/mol. The number of ether oxygens (including phenoxy) is 1. The average molecular weight is 961 g/mol. The number of halogens is 1. The zero-order valence-electron chi connectivity index (χ0n) is 37.8. The molecule has 3 N–H and O–H groups in total. The molecule has 0 saturated carbocycles. The summed E-state index contributed by atoms with van der Waals surface area (Å²) in [6.07, 6.45) is 9.06. The first kappa shape index (κ1) is 47.7. The Morgan fingerprint density at radius 2 is 1.64 bits per heavy atom. The largest absolute Gasteiger partial charge is 0.494 e. The van der Waals surface area contributed by atoms with E-state index in [2.05, 4.69) is 58.8 Å². The predicted molar refractivity (Wildman–Crippen MR) is 259 cm³/mol. The molecule has 19 heteroatoms.